The number of nitro benzene ring substituents is 1. The van der Waals surface area contributed by atoms with E-state index in [9.17, 15) is 27.7 Å². The zero-order valence-electron chi connectivity index (χ0n) is 10.3. The molecular weight excluding hydrogens is 292 g/mol. The number of hydrogen-bond donors (Lipinski definition) is 1. The summed E-state index contributed by atoms with van der Waals surface area (Å²) in [5.41, 5.74) is 2.28. The summed E-state index contributed by atoms with van der Waals surface area (Å²) >= 11 is 0. The first-order chi connectivity index (χ1) is 9.70. The zero-order chi connectivity index (χ0) is 15.8. The predicted molar refractivity (Wildman–Crippen MR) is 67.9 cm³/mol. The Morgan fingerprint density at radius 1 is 1.05 bits per heavy atom. The number of hydrogen-bond acceptors (Lipinski definition) is 3. The van der Waals surface area contributed by atoms with Crippen LogP contribution in [0.2, 0.25) is 0 Å². The summed E-state index contributed by atoms with van der Waals surface area (Å²) < 4.78 is 51.5. The van der Waals surface area contributed by atoms with Gasteiger partial charge < -0.3 is 5.73 Å². The molecule has 0 aliphatic heterocycles. The molecule has 0 bridgehead atoms. The third-order valence-corrected chi connectivity index (χ3v) is 2.84. The Labute approximate surface area is 116 Å². The van der Waals surface area contributed by atoms with Crippen molar-refractivity contribution in [3.05, 3.63) is 57.9 Å². The number of nitrogen functional groups attached to an aromatic ring is 1. The molecule has 110 valence electrons. The smallest absolute Gasteiger partial charge is 0.393 e. The summed E-state index contributed by atoms with van der Waals surface area (Å²) in [6, 6.07) is 6.18. The van der Waals surface area contributed by atoms with E-state index < -0.39 is 33.9 Å². The van der Waals surface area contributed by atoms with E-state index >= 15 is 0 Å². The lowest BCUT2D eigenvalue weighted by atomic mass is 10.00. The number of nitrogens with two attached hydrogens (primary N) is 1. The monoisotopic (exact) mass is 300 g/mol. The molecule has 2 N–H and O–H groups in total. The molecule has 2 rings (SSSR count). The van der Waals surface area contributed by atoms with Gasteiger partial charge in [0.25, 0.3) is 5.69 Å². The fourth-order valence-electron chi connectivity index (χ4n) is 1.83. The maximum absolute atomic E-state index is 12.9. The first-order valence-electron chi connectivity index (χ1n) is 5.61. The van der Waals surface area contributed by atoms with Gasteiger partial charge in [-0.25, -0.2) is 4.39 Å². The largest absolute Gasteiger partial charge is 0.418 e. The van der Waals surface area contributed by atoms with E-state index in [1.807, 2.05) is 0 Å². The van der Waals surface area contributed by atoms with Crippen molar-refractivity contribution in [3.8, 4) is 11.1 Å². The Morgan fingerprint density at radius 2 is 1.62 bits per heavy atom. The standard InChI is InChI=1S/C13H8F4N2O2/c14-9-3-1-7(2-4-9)8-5-10(13(15,16)17)12(18)11(6-8)19(20)21/h1-6H,18H2. The predicted octanol–water partition coefficient (Wildman–Crippen LogP) is 4.00. The Morgan fingerprint density at radius 3 is 2.10 bits per heavy atom. The lowest BCUT2D eigenvalue weighted by Crippen LogP contribution is -2.11. The molecule has 0 spiro atoms. The molecule has 0 unspecified atom stereocenters. The fourth-order valence-corrected chi connectivity index (χ4v) is 1.83. The van der Waals surface area contributed by atoms with Gasteiger partial charge in [0, 0.05) is 6.07 Å². The van der Waals surface area contributed by atoms with Gasteiger partial charge in [-0.1, -0.05) is 12.1 Å². The third-order valence-electron chi connectivity index (χ3n) is 2.84. The first kappa shape index (κ1) is 14.8. The number of nitro groups is 1. The minimum absolute atomic E-state index is 0.0665. The fraction of sp³-hybridized carbons (Fsp3) is 0.0769. The molecule has 0 saturated heterocycles. The van der Waals surface area contributed by atoms with Crippen LogP contribution in [0.1, 0.15) is 5.56 Å². The Kier molecular flexibility index (Phi) is 3.54. The maximum atomic E-state index is 12.9. The zero-order valence-corrected chi connectivity index (χ0v) is 10.3. The molecule has 0 aliphatic carbocycles. The van der Waals surface area contributed by atoms with Gasteiger partial charge in [-0.05, 0) is 29.3 Å². The molecule has 8 heteroatoms. The molecule has 0 atom stereocenters. The Balaban J connectivity index is 2.70. The van der Waals surface area contributed by atoms with Crippen molar-refractivity contribution < 1.29 is 22.5 Å². The van der Waals surface area contributed by atoms with Crippen LogP contribution in [0.5, 0.6) is 0 Å². The molecule has 0 saturated carbocycles. The molecule has 2 aromatic carbocycles. The quantitative estimate of drug-likeness (QED) is 0.394. The van der Waals surface area contributed by atoms with Crippen LogP contribution in [0.4, 0.5) is 28.9 Å². The van der Waals surface area contributed by atoms with Crippen LogP contribution in [0.25, 0.3) is 11.1 Å². The number of alkyl halides is 3. The van der Waals surface area contributed by atoms with Gasteiger partial charge >= 0.3 is 6.18 Å². The molecule has 0 amide bonds. The van der Waals surface area contributed by atoms with E-state index in [1.54, 1.807) is 0 Å². The normalized spacial score (nSPS) is 11.4. The van der Waals surface area contributed by atoms with E-state index in [2.05, 4.69) is 0 Å². The summed E-state index contributed by atoms with van der Waals surface area (Å²) in [7, 11) is 0. The van der Waals surface area contributed by atoms with Crippen molar-refractivity contribution in [2.24, 2.45) is 0 Å². The molecule has 4 nitrogen and oxygen atoms in total. The summed E-state index contributed by atoms with van der Waals surface area (Å²) in [6.07, 6.45) is -4.83. The van der Waals surface area contributed by atoms with Gasteiger partial charge in [0.05, 0.1) is 10.5 Å². The van der Waals surface area contributed by atoms with Crippen molar-refractivity contribution in [1.82, 2.24) is 0 Å². The van der Waals surface area contributed by atoms with Crippen LogP contribution in [-0.2, 0) is 6.18 Å². The van der Waals surface area contributed by atoms with E-state index in [4.69, 9.17) is 5.73 Å². The topological polar surface area (TPSA) is 69.2 Å². The van der Waals surface area contributed by atoms with E-state index in [-0.39, 0.29) is 11.1 Å². The highest BCUT2D eigenvalue weighted by Gasteiger charge is 2.36. The van der Waals surface area contributed by atoms with Gasteiger partial charge in [0.15, 0.2) is 0 Å². The molecule has 21 heavy (non-hydrogen) atoms. The lowest BCUT2D eigenvalue weighted by molar-refractivity contribution is -0.384. The summed E-state index contributed by atoms with van der Waals surface area (Å²) in [5.74, 6) is -0.570. The highest BCUT2D eigenvalue weighted by atomic mass is 19.4. The second-order valence-corrected chi connectivity index (χ2v) is 4.22. The highest BCUT2D eigenvalue weighted by Crippen LogP contribution is 2.41. The lowest BCUT2D eigenvalue weighted by Gasteiger charge is -2.12. The van der Waals surface area contributed by atoms with E-state index in [0.717, 1.165) is 18.2 Å². The van der Waals surface area contributed by atoms with E-state index in [0.29, 0.717) is 6.07 Å². The van der Waals surface area contributed by atoms with Crippen LogP contribution in [0.15, 0.2) is 36.4 Å². The van der Waals surface area contributed by atoms with Crippen molar-refractivity contribution in [3.63, 3.8) is 0 Å². The second-order valence-electron chi connectivity index (χ2n) is 4.22. The van der Waals surface area contributed by atoms with Crippen LogP contribution < -0.4 is 5.73 Å². The molecule has 0 heterocycles. The van der Waals surface area contributed by atoms with Gasteiger partial charge in [-0.3, -0.25) is 10.1 Å². The van der Waals surface area contributed by atoms with Crippen LogP contribution >= 0.6 is 0 Å². The van der Waals surface area contributed by atoms with Crippen molar-refractivity contribution in [2.45, 2.75) is 6.18 Å². The number of benzene rings is 2. The number of anilines is 1. The van der Waals surface area contributed by atoms with Crippen molar-refractivity contribution in [2.75, 3.05) is 5.73 Å². The van der Waals surface area contributed by atoms with Gasteiger partial charge in [0.2, 0.25) is 0 Å². The highest BCUT2D eigenvalue weighted by molar-refractivity contribution is 5.75. The first-order valence-corrected chi connectivity index (χ1v) is 5.61. The van der Waals surface area contributed by atoms with Gasteiger partial charge in [-0.2, -0.15) is 13.2 Å². The molecule has 0 aliphatic rings. The third kappa shape index (κ3) is 2.93. The van der Waals surface area contributed by atoms with Gasteiger partial charge in [0.1, 0.15) is 11.5 Å². The van der Waals surface area contributed by atoms with Gasteiger partial charge in [-0.15, -0.1) is 0 Å². The van der Waals surface area contributed by atoms with Crippen molar-refractivity contribution in [1.29, 1.82) is 0 Å². The molecular formula is C13H8F4N2O2. The van der Waals surface area contributed by atoms with E-state index in [1.165, 1.54) is 12.1 Å². The molecule has 0 radical (unpaired) electrons. The van der Waals surface area contributed by atoms with Crippen LogP contribution in [-0.4, -0.2) is 4.92 Å². The average Bonchev–Trinajstić information content (AvgIpc) is 2.38. The molecule has 0 fully saturated rings. The summed E-state index contributed by atoms with van der Waals surface area (Å²) in [6.45, 7) is 0. The summed E-state index contributed by atoms with van der Waals surface area (Å²) in [4.78, 5) is 9.85. The summed E-state index contributed by atoms with van der Waals surface area (Å²) in [5, 5.41) is 10.8. The SMILES string of the molecule is Nc1c([N+](=O)[O-])cc(-c2ccc(F)cc2)cc1C(F)(F)F. The molecule has 0 aromatic heterocycles. The Bertz CT molecular complexity index is 697. The number of nitrogens with zero attached hydrogens (tertiary/aromatic N) is 1. The number of halogens is 4. The minimum Gasteiger partial charge on any atom is -0.393 e. The Hall–Kier alpha value is -2.64. The second kappa shape index (κ2) is 5.04. The maximum Gasteiger partial charge on any atom is 0.418 e. The van der Waals surface area contributed by atoms with Crippen LogP contribution in [0.3, 0.4) is 0 Å². The number of rotatable bonds is 2. The minimum atomic E-state index is -4.83. The van der Waals surface area contributed by atoms with Crippen molar-refractivity contribution >= 4 is 11.4 Å². The average molecular weight is 300 g/mol. The molecule has 2 aromatic rings. The van der Waals surface area contributed by atoms with Crippen LogP contribution in [0, 0.1) is 15.9 Å².